The summed E-state index contributed by atoms with van der Waals surface area (Å²) in [6.07, 6.45) is 1.57. The van der Waals surface area contributed by atoms with Gasteiger partial charge in [0, 0.05) is 17.7 Å². The minimum atomic E-state index is -3.17. The van der Waals surface area contributed by atoms with Crippen LogP contribution >= 0.6 is 7.14 Å². The number of rotatable bonds is 2. The normalized spacial score (nSPS) is 29.3. The number of aromatic nitrogens is 2. The maximum atomic E-state index is 13.7. The van der Waals surface area contributed by atoms with Crippen LogP contribution in [0, 0.1) is 11.3 Å². The summed E-state index contributed by atoms with van der Waals surface area (Å²) < 4.78 is 14.7. The van der Waals surface area contributed by atoms with E-state index < -0.39 is 29.8 Å². The Morgan fingerprint density at radius 3 is 2.67 bits per heavy atom. The summed E-state index contributed by atoms with van der Waals surface area (Å²) in [6.45, 7) is 1.52. The van der Waals surface area contributed by atoms with Crippen molar-refractivity contribution in [2.24, 2.45) is 0 Å². The highest BCUT2D eigenvalue weighted by atomic mass is 31.2. The van der Waals surface area contributed by atoms with E-state index in [0.29, 0.717) is 5.30 Å². The van der Waals surface area contributed by atoms with E-state index in [4.69, 9.17) is 5.26 Å². The third-order valence-corrected chi connectivity index (χ3v) is 8.10. The Hall–Kier alpha value is -2.42. The molecule has 0 saturated carbocycles. The quantitative estimate of drug-likeness (QED) is 0.779. The Labute approximate surface area is 137 Å². The first-order valence-corrected chi connectivity index (χ1v) is 9.38. The summed E-state index contributed by atoms with van der Waals surface area (Å²) in [4.78, 5) is 25.9. The van der Waals surface area contributed by atoms with Crippen molar-refractivity contribution in [1.29, 1.82) is 5.26 Å². The van der Waals surface area contributed by atoms with Crippen LogP contribution in [0.1, 0.15) is 24.7 Å². The van der Waals surface area contributed by atoms with Gasteiger partial charge in [0.25, 0.3) is 5.56 Å². The summed E-state index contributed by atoms with van der Waals surface area (Å²) in [5.74, 6) is -1.04. The van der Waals surface area contributed by atoms with Gasteiger partial charge in [0.2, 0.25) is 0 Å². The summed E-state index contributed by atoms with van der Waals surface area (Å²) in [6, 6.07) is 10.4. The number of H-pyrrole nitrogens is 1. The molecule has 124 valence electrons. The van der Waals surface area contributed by atoms with Crippen molar-refractivity contribution in [2.75, 3.05) is 6.16 Å². The van der Waals surface area contributed by atoms with Gasteiger partial charge in [-0.15, -0.1) is 0 Å². The van der Waals surface area contributed by atoms with E-state index in [1.807, 2.05) is 0 Å². The van der Waals surface area contributed by atoms with E-state index in [9.17, 15) is 19.3 Å². The largest absolute Gasteiger partial charge is 0.387 e. The number of aromatic amines is 1. The molecular formula is C16H16N3O4P. The van der Waals surface area contributed by atoms with Gasteiger partial charge in [-0.1, -0.05) is 30.3 Å². The van der Waals surface area contributed by atoms with Gasteiger partial charge in [-0.05, 0) is 13.3 Å². The van der Waals surface area contributed by atoms with Gasteiger partial charge >= 0.3 is 5.69 Å². The van der Waals surface area contributed by atoms with Gasteiger partial charge in [0.1, 0.15) is 24.6 Å². The van der Waals surface area contributed by atoms with Crippen LogP contribution in [0.4, 0.5) is 0 Å². The molecule has 1 fully saturated rings. The van der Waals surface area contributed by atoms with Gasteiger partial charge in [0.15, 0.2) is 0 Å². The molecule has 0 unspecified atom stereocenters. The molecule has 1 aromatic heterocycles. The molecule has 8 heteroatoms. The van der Waals surface area contributed by atoms with E-state index in [2.05, 4.69) is 4.98 Å². The van der Waals surface area contributed by atoms with E-state index in [-0.39, 0.29) is 18.1 Å². The fourth-order valence-corrected chi connectivity index (χ4v) is 7.14. The lowest BCUT2D eigenvalue weighted by atomic mass is 10.0. The van der Waals surface area contributed by atoms with Gasteiger partial charge in [-0.2, -0.15) is 5.26 Å². The van der Waals surface area contributed by atoms with Crippen LogP contribution in [-0.4, -0.2) is 26.4 Å². The number of hydrogen-bond donors (Lipinski definition) is 2. The van der Waals surface area contributed by atoms with E-state index in [0.717, 1.165) is 10.8 Å². The highest BCUT2D eigenvalue weighted by molar-refractivity contribution is 7.72. The Morgan fingerprint density at radius 1 is 1.38 bits per heavy atom. The maximum absolute atomic E-state index is 13.7. The molecule has 2 aromatic rings. The monoisotopic (exact) mass is 345 g/mol. The first-order chi connectivity index (χ1) is 11.3. The molecule has 0 aliphatic carbocycles. The number of nitrogens with one attached hydrogen (secondary N) is 1. The second kappa shape index (κ2) is 5.59. The number of nitriles is 1. The predicted octanol–water partition coefficient (Wildman–Crippen LogP) is 0.750. The van der Waals surface area contributed by atoms with Gasteiger partial charge in [-0.25, -0.2) is 4.79 Å². The highest BCUT2D eigenvalue weighted by Crippen LogP contribution is 2.66. The topological polar surface area (TPSA) is 116 Å². The van der Waals surface area contributed by atoms with Crippen LogP contribution in [0.25, 0.3) is 0 Å². The molecule has 1 aromatic carbocycles. The minimum absolute atomic E-state index is 0.238. The van der Waals surface area contributed by atoms with E-state index in [1.54, 1.807) is 36.4 Å². The Balaban J connectivity index is 2.28. The van der Waals surface area contributed by atoms with Gasteiger partial charge in [-0.3, -0.25) is 14.3 Å². The zero-order valence-electron chi connectivity index (χ0n) is 13.0. The highest BCUT2D eigenvalue weighted by Gasteiger charge is 2.53. The first-order valence-electron chi connectivity index (χ1n) is 7.42. The summed E-state index contributed by atoms with van der Waals surface area (Å²) in [7, 11) is -3.17. The number of hydrogen-bond acceptors (Lipinski definition) is 5. The lowest BCUT2D eigenvalue weighted by Gasteiger charge is -2.31. The van der Waals surface area contributed by atoms with Crippen LogP contribution in [0.15, 0.2) is 46.1 Å². The predicted molar refractivity (Wildman–Crippen MR) is 88.9 cm³/mol. The molecule has 0 amide bonds. The molecule has 7 nitrogen and oxygen atoms in total. The Kier molecular flexibility index (Phi) is 3.83. The number of nitrogens with zero attached hydrogens (tertiary/aromatic N) is 2. The van der Waals surface area contributed by atoms with E-state index in [1.165, 1.54) is 6.92 Å². The fraction of sp³-hybridized carbons (Fsp3) is 0.312. The van der Waals surface area contributed by atoms with Crippen LogP contribution < -0.4 is 16.6 Å². The number of aliphatic hydroxyl groups is 1. The molecule has 3 atom stereocenters. The van der Waals surface area contributed by atoms with Crippen LogP contribution in [0.2, 0.25) is 0 Å². The second-order valence-electron chi connectivity index (χ2n) is 6.16. The van der Waals surface area contributed by atoms with Crippen molar-refractivity contribution < 1.29 is 9.67 Å². The lowest BCUT2D eigenvalue weighted by Crippen LogP contribution is -2.41. The lowest BCUT2D eigenvalue weighted by molar-refractivity contribution is 0.0398. The third kappa shape index (κ3) is 2.44. The Bertz CT molecular complexity index is 985. The summed E-state index contributed by atoms with van der Waals surface area (Å²) >= 11 is 0. The SMILES string of the molecule is C[C@@]1(O)CC[P@](=O)(c2ccccc2)[C@H]1n1cc(C#N)c(=O)[nH]c1=O. The molecular weight excluding hydrogens is 329 g/mol. The molecule has 0 spiro atoms. The fourth-order valence-electron chi connectivity index (χ4n) is 3.29. The molecule has 0 bridgehead atoms. The van der Waals surface area contributed by atoms with Crippen molar-refractivity contribution in [3.8, 4) is 6.07 Å². The van der Waals surface area contributed by atoms with Crippen molar-refractivity contribution in [2.45, 2.75) is 24.7 Å². The zero-order valence-corrected chi connectivity index (χ0v) is 13.9. The molecule has 1 aliphatic heterocycles. The van der Waals surface area contributed by atoms with Crippen LogP contribution in [0.3, 0.4) is 0 Å². The average Bonchev–Trinajstić information content (AvgIpc) is 2.80. The summed E-state index contributed by atoms with van der Waals surface area (Å²) in [5, 5.41) is 20.4. The molecule has 3 rings (SSSR count). The smallest absolute Gasteiger partial charge is 0.329 e. The van der Waals surface area contributed by atoms with Gasteiger partial charge < -0.3 is 9.67 Å². The molecule has 2 heterocycles. The first kappa shape index (κ1) is 16.4. The standard InChI is InChI=1S/C16H16N3O4P/c1-16(22)7-8-24(23,12-5-3-2-4-6-12)14(16)19-10-11(9-17)13(20)18-15(19)21/h2-6,10,14,22H,7-8H2,1H3,(H,18,20,21)/t14-,16-,24+/m1/s1. The molecule has 1 aliphatic rings. The second-order valence-corrected chi connectivity index (χ2v) is 9.20. The molecule has 2 N–H and O–H groups in total. The van der Waals surface area contributed by atoms with Crippen molar-refractivity contribution in [3.05, 3.63) is 62.9 Å². The van der Waals surface area contributed by atoms with Gasteiger partial charge in [0.05, 0.1) is 5.60 Å². The van der Waals surface area contributed by atoms with Crippen molar-refractivity contribution >= 4 is 12.4 Å². The molecule has 0 radical (unpaired) electrons. The van der Waals surface area contributed by atoms with Crippen LogP contribution in [-0.2, 0) is 4.57 Å². The minimum Gasteiger partial charge on any atom is -0.387 e. The molecule has 1 saturated heterocycles. The molecule has 24 heavy (non-hydrogen) atoms. The Morgan fingerprint density at radius 2 is 2.04 bits per heavy atom. The van der Waals surface area contributed by atoms with Crippen molar-refractivity contribution in [3.63, 3.8) is 0 Å². The van der Waals surface area contributed by atoms with Crippen LogP contribution in [0.5, 0.6) is 0 Å². The number of benzene rings is 1. The average molecular weight is 345 g/mol. The maximum Gasteiger partial charge on any atom is 0.329 e. The van der Waals surface area contributed by atoms with Crippen molar-refractivity contribution in [1.82, 2.24) is 9.55 Å². The summed E-state index contributed by atoms with van der Waals surface area (Å²) in [5.41, 5.74) is -3.26. The van der Waals surface area contributed by atoms with E-state index >= 15 is 0 Å². The third-order valence-electron chi connectivity index (χ3n) is 4.45. The zero-order chi connectivity index (χ0) is 17.5.